The fraction of sp³-hybridized carbons (Fsp3) is 0.385. The molecule has 0 aliphatic heterocycles. The topological polar surface area (TPSA) is 113 Å². The highest BCUT2D eigenvalue weighted by Crippen LogP contribution is 2.14. The summed E-state index contributed by atoms with van der Waals surface area (Å²) in [5.74, 6) is -2.18. The summed E-state index contributed by atoms with van der Waals surface area (Å²) in [7, 11) is 0. The number of carbonyl (C=O) groups is 2. The number of nitrogens with two attached hydrogens (primary N) is 1. The first kappa shape index (κ1) is 15.1. The predicted octanol–water partition coefficient (Wildman–Crippen LogP) is 0.594. The van der Waals surface area contributed by atoms with Crippen molar-refractivity contribution >= 4 is 11.9 Å². The molecule has 5 N–H and O–H groups in total. The molecule has 1 aromatic rings. The first-order valence-corrected chi connectivity index (χ1v) is 6.03. The van der Waals surface area contributed by atoms with Crippen molar-refractivity contribution in [1.29, 1.82) is 0 Å². The molecule has 0 amide bonds. The highest BCUT2D eigenvalue weighted by atomic mass is 16.4. The van der Waals surface area contributed by atoms with Crippen molar-refractivity contribution in [2.24, 2.45) is 5.73 Å². The van der Waals surface area contributed by atoms with Crippen LogP contribution in [0.25, 0.3) is 0 Å². The lowest BCUT2D eigenvalue weighted by atomic mass is 10.0. The Balaban J connectivity index is 2.82. The molecule has 104 valence electrons. The third kappa shape index (κ3) is 4.69. The van der Waals surface area contributed by atoms with Gasteiger partial charge in [0.05, 0.1) is 0 Å². The third-order valence-electron chi connectivity index (χ3n) is 2.74. The minimum atomic E-state index is -1.11. The molecule has 0 saturated carbocycles. The molecule has 19 heavy (non-hydrogen) atoms. The maximum atomic E-state index is 11.3. The van der Waals surface area contributed by atoms with Crippen molar-refractivity contribution in [2.75, 3.05) is 6.54 Å². The maximum absolute atomic E-state index is 11.3. The molecule has 2 atom stereocenters. The molecular weight excluding hydrogens is 248 g/mol. The van der Waals surface area contributed by atoms with Gasteiger partial charge in [0, 0.05) is 0 Å². The van der Waals surface area contributed by atoms with E-state index < -0.39 is 24.0 Å². The van der Waals surface area contributed by atoms with Crippen LogP contribution in [0.1, 0.15) is 24.4 Å². The summed E-state index contributed by atoms with van der Waals surface area (Å²) in [6.45, 7) is 0.370. The normalized spacial score (nSPS) is 13.7. The molecule has 0 saturated heterocycles. The van der Waals surface area contributed by atoms with Crippen molar-refractivity contribution in [2.45, 2.75) is 24.9 Å². The van der Waals surface area contributed by atoms with Gasteiger partial charge < -0.3 is 15.9 Å². The molecule has 0 radical (unpaired) electrons. The first-order chi connectivity index (χ1) is 9.06. The number of aliphatic carboxylic acids is 2. The Hall–Kier alpha value is -1.92. The van der Waals surface area contributed by atoms with Crippen LogP contribution in [0.4, 0.5) is 0 Å². The van der Waals surface area contributed by atoms with Gasteiger partial charge in [0.15, 0.2) is 0 Å². The maximum Gasteiger partial charge on any atom is 0.325 e. The number of hydrogen-bond acceptors (Lipinski definition) is 4. The van der Waals surface area contributed by atoms with E-state index >= 15 is 0 Å². The van der Waals surface area contributed by atoms with E-state index in [1.54, 1.807) is 30.3 Å². The van der Waals surface area contributed by atoms with E-state index in [2.05, 4.69) is 5.32 Å². The van der Waals surface area contributed by atoms with Crippen LogP contribution in [-0.2, 0) is 9.59 Å². The summed E-state index contributed by atoms with van der Waals surface area (Å²) in [6.07, 6.45) is 0.813. The summed E-state index contributed by atoms with van der Waals surface area (Å²) in [5, 5.41) is 20.9. The molecule has 2 unspecified atom stereocenters. The van der Waals surface area contributed by atoms with Crippen LogP contribution in [0.5, 0.6) is 0 Å². The van der Waals surface area contributed by atoms with Crippen LogP contribution < -0.4 is 11.1 Å². The second-order valence-corrected chi connectivity index (χ2v) is 4.17. The molecular formula is C13H18N2O4. The van der Waals surface area contributed by atoms with Crippen molar-refractivity contribution in [3.63, 3.8) is 0 Å². The zero-order valence-electron chi connectivity index (χ0n) is 10.5. The van der Waals surface area contributed by atoms with Gasteiger partial charge in [0.25, 0.3) is 0 Å². The number of hydrogen-bond donors (Lipinski definition) is 4. The molecule has 0 aliphatic carbocycles. The average molecular weight is 266 g/mol. The summed E-state index contributed by atoms with van der Waals surface area (Å²) in [4.78, 5) is 22.4. The Bertz CT molecular complexity index is 422. The van der Waals surface area contributed by atoms with Gasteiger partial charge in [-0.05, 0) is 24.9 Å². The van der Waals surface area contributed by atoms with Crippen molar-refractivity contribution in [1.82, 2.24) is 5.32 Å². The Labute approximate surface area is 111 Å². The second-order valence-electron chi connectivity index (χ2n) is 4.17. The van der Waals surface area contributed by atoms with Gasteiger partial charge in [0.1, 0.15) is 12.1 Å². The molecule has 6 heteroatoms. The Kier molecular flexibility index (Phi) is 5.98. The van der Waals surface area contributed by atoms with Gasteiger partial charge in [-0.1, -0.05) is 30.3 Å². The standard InChI is InChI=1S/C13H18N2O4/c14-8-4-7-10(12(16)17)15-11(13(18)19)9-5-2-1-3-6-9/h1-3,5-6,10-11,15H,4,7-8,14H2,(H,16,17)(H,18,19). The van der Waals surface area contributed by atoms with Crippen molar-refractivity contribution < 1.29 is 19.8 Å². The van der Waals surface area contributed by atoms with Crippen LogP contribution >= 0.6 is 0 Å². The molecule has 0 bridgehead atoms. The molecule has 0 fully saturated rings. The van der Waals surface area contributed by atoms with Crippen LogP contribution in [0.2, 0.25) is 0 Å². The smallest absolute Gasteiger partial charge is 0.325 e. The highest BCUT2D eigenvalue weighted by Gasteiger charge is 2.26. The molecule has 1 rings (SSSR count). The van der Waals surface area contributed by atoms with Gasteiger partial charge in [-0.15, -0.1) is 0 Å². The molecule has 0 aliphatic rings. The van der Waals surface area contributed by atoms with Gasteiger partial charge in [0.2, 0.25) is 0 Å². The summed E-state index contributed by atoms with van der Waals surface area (Å²) in [6, 6.07) is 6.52. The molecule has 1 aromatic carbocycles. The first-order valence-electron chi connectivity index (χ1n) is 6.03. The minimum absolute atomic E-state index is 0.294. The molecule has 0 aromatic heterocycles. The molecule has 0 spiro atoms. The fourth-order valence-corrected chi connectivity index (χ4v) is 1.76. The summed E-state index contributed by atoms with van der Waals surface area (Å²) >= 11 is 0. The van der Waals surface area contributed by atoms with Crippen LogP contribution in [-0.4, -0.2) is 34.7 Å². The van der Waals surface area contributed by atoms with Gasteiger partial charge in [-0.25, -0.2) is 0 Å². The van der Waals surface area contributed by atoms with E-state index in [0.717, 1.165) is 0 Å². The van der Waals surface area contributed by atoms with Crippen molar-refractivity contribution in [3.8, 4) is 0 Å². The largest absolute Gasteiger partial charge is 0.480 e. The lowest BCUT2D eigenvalue weighted by Gasteiger charge is -2.20. The highest BCUT2D eigenvalue weighted by molar-refractivity contribution is 5.78. The summed E-state index contributed by atoms with van der Waals surface area (Å²) < 4.78 is 0. The third-order valence-corrected chi connectivity index (χ3v) is 2.74. The van der Waals surface area contributed by atoms with E-state index in [9.17, 15) is 14.7 Å². The zero-order chi connectivity index (χ0) is 14.3. The quantitative estimate of drug-likeness (QED) is 0.548. The Morgan fingerprint density at radius 1 is 1.16 bits per heavy atom. The Morgan fingerprint density at radius 3 is 2.26 bits per heavy atom. The molecule has 6 nitrogen and oxygen atoms in total. The zero-order valence-corrected chi connectivity index (χ0v) is 10.5. The van der Waals surface area contributed by atoms with Gasteiger partial charge in [-0.2, -0.15) is 0 Å². The number of benzene rings is 1. The lowest BCUT2D eigenvalue weighted by Crippen LogP contribution is -2.42. The minimum Gasteiger partial charge on any atom is -0.480 e. The number of carboxylic acid groups (broad SMARTS) is 2. The van der Waals surface area contributed by atoms with E-state index in [1.165, 1.54) is 0 Å². The Morgan fingerprint density at radius 2 is 1.79 bits per heavy atom. The van der Waals surface area contributed by atoms with E-state index in [0.29, 0.717) is 24.9 Å². The van der Waals surface area contributed by atoms with E-state index in [4.69, 9.17) is 10.8 Å². The van der Waals surface area contributed by atoms with Crippen LogP contribution in [0.15, 0.2) is 30.3 Å². The molecule has 0 heterocycles. The SMILES string of the molecule is NCCCC(NC(C(=O)O)c1ccccc1)C(=O)O. The average Bonchev–Trinajstić information content (AvgIpc) is 2.39. The number of nitrogens with one attached hydrogen (secondary N) is 1. The summed E-state index contributed by atoms with van der Waals surface area (Å²) in [5.41, 5.74) is 5.86. The van der Waals surface area contributed by atoms with Gasteiger partial charge in [-0.3, -0.25) is 14.9 Å². The second kappa shape index (κ2) is 7.50. The monoisotopic (exact) mass is 266 g/mol. The predicted molar refractivity (Wildman–Crippen MR) is 69.7 cm³/mol. The van der Waals surface area contributed by atoms with Crippen molar-refractivity contribution in [3.05, 3.63) is 35.9 Å². The van der Waals surface area contributed by atoms with E-state index in [-0.39, 0.29) is 0 Å². The lowest BCUT2D eigenvalue weighted by molar-refractivity contribution is -0.142. The van der Waals surface area contributed by atoms with E-state index in [1.807, 2.05) is 0 Å². The van der Waals surface area contributed by atoms with Crippen LogP contribution in [0.3, 0.4) is 0 Å². The van der Waals surface area contributed by atoms with Crippen LogP contribution in [0, 0.1) is 0 Å². The van der Waals surface area contributed by atoms with Gasteiger partial charge >= 0.3 is 11.9 Å². The number of carboxylic acids is 2. The number of rotatable bonds is 8. The fourth-order valence-electron chi connectivity index (χ4n) is 1.76.